The first kappa shape index (κ1) is 20.0. The average Bonchev–Trinajstić information content (AvgIpc) is 2.86. The highest BCUT2D eigenvalue weighted by molar-refractivity contribution is 7.89. The largest absolute Gasteiger partial charge is 0.471 e. The molecule has 9 nitrogen and oxygen atoms in total. The van der Waals surface area contributed by atoms with Crippen LogP contribution in [0.1, 0.15) is 37.7 Å². The fraction of sp³-hybridized carbons (Fsp3) is 0.389. The lowest BCUT2D eigenvalue weighted by atomic mass is 10.1. The van der Waals surface area contributed by atoms with Gasteiger partial charge in [-0.05, 0) is 43.5 Å². The number of ether oxygens (including phenoxy) is 1. The molecule has 1 fully saturated rings. The van der Waals surface area contributed by atoms with E-state index in [1.807, 2.05) is 6.07 Å². The number of anilines is 2. The normalized spacial score (nSPS) is 20.0. The summed E-state index contributed by atoms with van der Waals surface area (Å²) in [5.74, 6) is 0.285. The summed E-state index contributed by atoms with van der Waals surface area (Å²) in [5.41, 5.74) is 0.712. The molecule has 2 atom stereocenters. The highest BCUT2D eigenvalue weighted by atomic mass is 32.2. The van der Waals surface area contributed by atoms with Crippen LogP contribution < -0.4 is 15.2 Å². The van der Waals surface area contributed by atoms with Crippen molar-refractivity contribution in [1.82, 2.24) is 9.97 Å². The summed E-state index contributed by atoms with van der Waals surface area (Å²) in [7, 11) is -3.77. The zero-order valence-electron chi connectivity index (χ0n) is 15.1. The molecule has 1 aliphatic carbocycles. The summed E-state index contributed by atoms with van der Waals surface area (Å²) in [6, 6.07) is 7.76. The van der Waals surface area contributed by atoms with Crippen molar-refractivity contribution in [3.63, 3.8) is 0 Å². The number of aromatic nitrogens is 2. The number of hydrogen-bond donors (Lipinski definition) is 3. The van der Waals surface area contributed by atoms with E-state index in [0.717, 1.165) is 19.3 Å². The van der Waals surface area contributed by atoms with Crippen LogP contribution in [0.3, 0.4) is 0 Å². The first-order chi connectivity index (χ1) is 13.4. The summed E-state index contributed by atoms with van der Waals surface area (Å²) in [5, 5.41) is 27.5. The molecule has 0 amide bonds. The maximum absolute atomic E-state index is 11.3. The molecule has 3 rings (SSSR count). The Kier molecular flexibility index (Phi) is 6.08. The quantitative estimate of drug-likeness (QED) is 0.639. The lowest BCUT2D eigenvalue weighted by molar-refractivity contribution is 0.0291. The molecule has 0 saturated heterocycles. The van der Waals surface area contributed by atoms with Gasteiger partial charge in [-0.15, -0.1) is 0 Å². The average molecular weight is 403 g/mol. The van der Waals surface area contributed by atoms with E-state index in [-0.39, 0.29) is 22.3 Å². The Morgan fingerprint density at radius 2 is 1.93 bits per heavy atom. The molecule has 1 saturated carbocycles. The zero-order chi connectivity index (χ0) is 20.1. The molecule has 0 radical (unpaired) electrons. The molecule has 1 aromatic carbocycles. The third kappa shape index (κ3) is 4.95. The molecule has 2 unspecified atom stereocenters. The molecular formula is C18H21N5O4S. The van der Waals surface area contributed by atoms with Gasteiger partial charge in [0.15, 0.2) is 0 Å². The van der Waals surface area contributed by atoms with Crippen molar-refractivity contribution < 1.29 is 18.3 Å². The maximum Gasteiger partial charge on any atom is 0.238 e. The van der Waals surface area contributed by atoms with Crippen LogP contribution >= 0.6 is 0 Å². The van der Waals surface area contributed by atoms with Gasteiger partial charge in [0.2, 0.25) is 21.9 Å². The molecule has 1 aromatic heterocycles. The predicted molar refractivity (Wildman–Crippen MR) is 101 cm³/mol. The molecule has 28 heavy (non-hydrogen) atoms. The van der Waals surface area contributed by atoms with Crippen molar-refractivity contribution in [3.05, 3.63) is 36.0 Å². The van der Waals surface area contributed by atoms with Crippen LogP contribution in [0.5, 0.6) is 5.88 Å². The van der Waals surface area contributed by atoms with Gasteiger partial charge in [-0.3, -0.25) is 0 Å². The van der Waals surface area contributed by atoms with E-state index in [9.17, 15) is 18.8 Å². The SMILES string of the molecule is N#Cc1cnc(Nc2ccc(S(N)(=O)=O)cc2)nc1OC1CCCCCC1O. The second kappa shape index (κ2) is 8.52. The Morgan fingerprint density at radius 1 is 1.21 bits per heavy atom. The van der Waals surface area contributed by atoms with Crippen molar-refractivity contribution in [2.45, 2.75) is 49.2 Å². The number of nitrogens with two attached hydrogens (primary N) is 1. The van der Waals surface area contributed by atoms with Crippen LogP contribution in [0.15, 0.2) is 35.4 Å². The minimum absolute atomic E-state index is 0.00910. The Bertz CT molecular complexity index is 972. The number of aliphatic hydroxyl groups excluding tert-OH is 1. The van der Waals surface area contributed by atoms with Gasteiger partial charge in [0.1, 0.15) is 17.7 Å². The number of nitrogens with one attached hydrogen (secondary N) is 1. The molecule has 10 heteroatoms. The second-order valence-corrected chi connectivity index (χ2v) is 8.14. The Labute approximate surface area is 163 Å². The number of aliphatic hydroxyl groups is 1. The first-order valence-corrected chi connectivity index (χ1v) is 10.4. The van der Waals surface area contributed by atoms with Crippen molar-refractivity contribution >= 4 is 21.7 Å². The van der Waals surface area contributed by atoms with Gasteiger partial charge in [0.25, 0.3) is 0 Å². The molecule has 0 spiro atoms. The molecule has 2 aromatic rings. The van der Waals surface area contributed by atoms with E-state index < -0.39 is 22.2 Å². The minimum atomic E-state index is -3.77. The number of nitriles is 1. The van der Waals surface area contributed by atoms with Gasteiger partial charge >= 0.3 is 0 Å². The fourth-order valence-corrected chi connectivity index (χ4v) is 3.50. The summed E-state index contributed by atoms with van der Waals surface area (Å²) >= 11 is 0. The molecule has 1 aliphatic rings. The number of primary sulfonamides is 1. The third-order valence-corrected chi connectivity index (χ3v) is 5.42. The molecular weight excluding hydrogens is 382 g/mol. The molecule has 4 N–H and O–H groups in total. The van der Waals surface area contributed by atoms with Crippen LogP contribution in [0.25, 0.3) is 0 Å². The number of sulfonamides is 1. The van der Waals surface area contributed by atoms with E-state index in [1.165, 1.54) is 30.5 Å². The third-order valence-electron chi connectivity index (χ3n) is 4.49. The highest BCUT2D eigenvalue weighted by Crippen LogP contribution is 2.25. The topological polar surface area (TPSA) is 151 Å². The van der Waals surface area contributed by atoms with E-state index in [4.69, 9.17) is 9.88 Å². The lowest BCUT2D eigenvalue weighted by Gasteiger charge is -2.22. The van der Waals surface area contributed by atoms with Crippen LogP contribution in [-0.4, -0.2) is 35.7 Å². The number of rotatable bonds is 5. The van der Waals surface area contributed by atoms with Gasteiger partial charge in [0.05, 0.1) is 17.2 Å². The zero-order valence-corrected chi connectivity index (χ0v) is 15.9. The summed E-state index contributed by atoms with van der Waals surface area (Å²) in [4.78, 5) is 8.32. The van der Waals surface area contributed by atoms with Crippen molar-refractivity contribution in [2.75, 3.05) is 5.32 Å². The van der Waals surface area contributed by atoms with E-state index in [2.05, 4.69) is 15.3 Å². The number of benzene rings is 1. The van der Waals surface area contributed by atoms with E-state index in [1.54, 1.807) is 0 Å². The monoisotopic (exact) mass is 403 g/mol. The van der Waals surface area contributed by atoms with Crippen LogP contribution in [0, 0.1) is 11.3 Å². The van der Waals surface area contributed by atoms with Crippen molar-refractivity contribution in [3.8, 4) is 11.9 Å². The summed E-state index contributed by atoms with van der Waals surface area (Å²) in [6.07, 6.45) is 4.57. The van der Waals surface area contributed by atoms with Crippen LogP contribution in [0.4, 0.5) is 11.6 Å². The summed E-state index contributed by atoms with van der Waals surface area (Å²) in [6.45, 7) is 0. The van der Waals surface area contributed by atoms with Crippen LogP contribution in [0.2, 0.25) is 0 Å². The minimum Gasteiger partial charge on any atom is -0.471 e. The molecule has 148 valence electrons. The fourth-order valence-electron chi connectivity index (χ4n) is 2.98. The number of hydrogen-bond acceptors (Lipinski definition) is 8. The Hall–Kier alpha value is -2.74. The molecule has 1 heterocycles. The van der Waals surface area contributed by atoms with Crippen molar-refractivity contribution in [2.24, 2.45) is 5.14 Å². The van der Waals surface area contributed by atoms with Gasteiger partial charge < -0.3 is 15.2 Å². The van der Waals surface area contributed by atoms with Crippen molar-refractivity contribution in [1.29, 1.82) is 5.26 Å². The Balaban J connectivity index is 1.79. The standard InChI is InChI=1S/C18H21N5O4S/c19-10-12-11-21-18(22-13-6-8-14(9-7-13)28(20,25)26)23-17(12)27-16-5-3-1-2-4-15(16)24/h6-9,11,15-16,24H,1-5H2,(H2,20,25,26)(H,21,22,23). The first-order valence-electron chi connectivity index (χ1n) is 8.88. The number of nitrogens with zero attached hydrogens (tertiary/aromatic N) is 3. The lowest BCUT2D eigenvalue weighted by Crippen LogP contribution is -2.31. The molecule has 0 bridgehead atoms. The smallest absolute Gasteiger partial charge is 0.238 e. The van der Waals surface area contributed by atoms with Crippen LogP contribution in [-0.2, 0) is 10.0 Å². The van der Waals surface area contributed by atoms with Gasteiger partial charge in [-0.25, -0.2) is 18.5 Å². The highest BCUT2D eigenvalue weighted by Gasteiger charge is 2.25. The van der Waals surface area contributed by atoms with Gasteiger partial charge in [-0.1, -0.05) is 12.8 Å². The van der Waals surface area contributed by atoms with E-state index >= 15 is 0 Å². The molecule has 0 aliphatic heterocycles. The predicted octanol–water partition coefficient (Wildman–Crippen LogP) is 1.81. The van der Waals surface area contributed by atoms with E-state index in [0.29, 0.717) is 18.5 Å². The Morgan fingerprint density at radius 3 is 2.61 bits per heavy atom. The van der Waals surface area contributed by atoms with Gasteiger partial charge in [-0.2, -0.15) is 10.2 Å². The maximum atomic E-state index is 11.3. The second-order valence-electron chi connectivity index (χ2n) is 6.58. The summed E-state index contributed by atoms with van der Waals surface area (Å²) < 4.78 is 28.5. The van der Waals surface area contributed by atoms with Gasteiger partial charge in [0, 0.05) is 5.69 Å².